The number of nitrogens with one attached hydrogen (secondary N) is 1. The summed E-state index contributed by atoms with van der Waals surface area (Å²) >= 11 is 0. The summed E-state index contributed by atoms with van der Waals surface area (Å²) in [7, 11) is 0. The van der Waals surface area contributed by atoms with E-state index in [1.165, 1.54) is 6.07 Å². The fourth-order valence-corrected chi connectivity index (χ4v) is 1.71. The van der Waals surface area contributed by atoms with Crippen molar-refractivity contribution in [2.45, 2.75) is 44.4 Å². The molecular formula is C13H16F4N2O. The van der Waals surface area contributed by atoms with Crippen LogP contribution in [0.1, 0.15) is 31.2 Å². The number of hydrogen-bond acceptors (Lipinski definition) is 3. The summed E-state index contributed by atoms with van der Waals surface area (Å²) in [6.45, 7) is 0.318. The van der Waals surface area contributed by atoms with Crippen molar-refractivity contribution in [1.82, 2.24) is 10.3 Å². The van der Waals surface area contributed by atoms with Crippen LogP contribution >= 0.6 is 0 Å². The predicted molar refractivity (Wildman–Crippen MR) is 64.8 cm³/mol. The smallest absolute Gasteiger partial charge is 0.389 e. The highest BCUT2D eigenvalue weighted by Gasteiger charge is 2.26. The van der Waals surface area contributed by atoms with Crippen molar-refractivity contribution in [1.29, 1.82) is 0 Å². The Kier molecular flexibility index (Phi) is 4.80. The normalized spacial score (nSPS) is 15.4. The van der Waals surface area contributed by atoms with E-state index in [1.54, 1.807) is 0 Å². The van der Waals surface area contributed by atoms with E-state index in [4.69, 9.17) is 4.74 Å². The highest BCUT2D eigenvalue weighted by atomic mass is 19.4. The van der Waals surface area contributed by atoms with Crippen molar-refractivity contribution in [3.63, 3.8) is 0 Å². The third kappa shape index (κ3) is 5.32. The number of nitrogens with zero attached hydrogens (tertiary/aromatic N) is 1. The topological polar surface area (TPSA) is 34.1 Å². The van der Waals surface area contributed by atoms with Gasteiger partial charge in [-0.25, -0.2) is 9.37 Å². The van der Waals surface area contributed by atoms with Gasteiger partial charge >= 0.3 is 6.18 Å². The molecule has 0 saturated heterocycles. The highest BCUT2D eigenvalue weighted by Crippen LogP contribution is 2.23. The van der Waals surface area contributed by atoms with Crippen molar-refractivity contribution in [2.24, 2.45) is 0 Å². The van der Waals surface area contributed by atoms with Crippen LogP contribution in [-0.4, -0.2) is 23.8 Å². The molecule has 3 nitrogen and oxygen atoms in total. The second kappa shape index (κ2) is 6.39. The van der Waals surface area contributed by atoms with Gasteiger partial charge in [0.1, 0.15) is 5.82 Å². The monoisotopic (exact) mass is 292 g/mol. The molecule has 0 amide bonds. The SMILES string of the molecule is Fc1cnc(OCCCC(F)(F)F)c(CNC2CC2)c1. The summed E-state index contributed by atoms with van der Waals surface area (Å²) in [6.07, 6.45) is -2.05. The highest BCUT2D eigenvalue weighted by molar-refractivity contribution is 5.26. The first kappa shape index (κ1) is 15.0. The van der Waals surface area contributed by atoms with Crippen molar-refractivity contribution >= 4 is 0 Å². The van der Waals surface area contributed by atoms with Gasteiger partial charge in [0.05, 0.1) is 12.8 Å². The second-order valence-corrected chi connectivity index (χ2v) is 4.84. The summed E-state index contributed by atoms with van der Waals surface area (Å²) in [4.78, 5) is 3.79. The molecule has 1 fully saturated rings. The average Bonchev–Trinajstić information content (AvgIpc) is 3.16. The molecule has 1 aromatic rings. The Bertz CT molecular complexity index is 446. The van der Waals surface area contributed by atoms with Gasteiger partial charge in [-0.2, -0.15) is 13.2 Å². The minimum Gasteiger partial charge on any atom is -0.477 e. The molecule has 0 radical (unpaired) electrons. The minimum absolute atomic E-state index is 0.0887. The molecule has 112 valence electrons. The van der Waals surface area contributed by atoms with E-state index in [-0.39, 0.29) is 18.9 Å². The lowest BCUT2D eigenvalue weighted by Gasteiger charge is -2.11. The lowest BCUT2D eigenvalue weighted by atomic mass is 10.2. The van der Waals surface area contributed by atoms with E-state index >= 15 is 0 Å². The number of rotatable bonds is 7. The van der Waals surface area contributed by atoms with Crippen LogP contribution in [0.25, 0.3) is 0 Å². The Morgan fingerprint density at radius 1 is 1.35 bits per heavy atom. The van der Waals surface area contributed by atoms with Gasteiger partial charge in [0.25, 0.3) is 0 Å². The third-order valence-electron chi connectivity index (χ3n) is 2.89. The van der Waals surface area contributed by atoms with E-state index in [0.29, 0.717) is 18.2 Å². The van der Waals surface area contributed by atoms with E-state index < -0.39 is 18.4 Å². The zero-order valence-electron chi connectivity index (χ0n) is 10.8. The van der Waals surface area contributed by atoms with Gasteiger partial charge in [0.2, 0.25) is 5.88 Å². The first-order valence-corrected chi connectivity index (χ1v) is 6.51. The van der Waals surface area contributed by atoms with Crippen LogP contribution in [0.15, 0.2) is 12.3 Å². The first-order chi connectivity index (χ1) is 9.44. The lowest BCUT2D eigenvalue weighted by Crippen LogP contribution is -2.17. The van der Waals surface area contributed by atoms with Crippen LogP contribution in [-0.2, 0) is 6.54 Å². The molecule has 1 aliphatic carbocycles. The molecule has 1 aromatic heterocycles. The molecule has 0 aliphatic heterocycles. The number of hydrogen-bond donors (Lipinski definition) is 1. The number of alkyl halides is 3. The third-order valence-corrected chi connectivity index (χ3v) is 2.89. The molecule has 2 rings (SSSR count). The van der Waals surface area contributed by atoms with Gasteiger partial charge in [0, 0.05) is 24.6 Å². The largest absolute Gasteiger partial charge is 0.477 e. The number of halogens is 4. The maximum absolute atomic E-state index is 13.1. The summed E-state index contributed by atoms with van der Waals surface area (Å²) in [5.74, 6) is -0.290. The molecule has 0 spiro atoms. The molecule has 1 N–H and O–H groups in total. The zero-order valence-corrected chi connectivity index (χ0v) is 10.8. The fraction of sp³-hybridized carbons (Fsp3) is 0.615. The van der Waals surface area contributed by atoms with E-state index in [1.807, 2.05) is 0 Å². The predicted octanol–water partition coefficient (Wildman–Crippen LogP) is 3.19. The van der Waals surface area contributed by atoms with E-state index in [9.17, 15) is 17.6 Å². The standard InChI is InChI=1S/C13H16F4N2O/c14-10-6-9(7-18-11-2-3-11)12(19-8-10)20-5-1-4-13(15,16)17/h6,8,11,18H,1-5,7H2. The molecule has 20 heavy (non-hydrogen) atoms. The van der Waals surface area contributed by atoms with Crippen LogP contribution < -0.4 is 10.1 Å². The van der Waals surface area contributed by atoms with Crippen LogP contribution in [0.4, 0.5) is 17.6 Å². The molecule has 1 saturated carbocycles. The number of ether oxygens (including phenoxy) is 1. The Labute approximate surface area is 114 Å². The van der Waals surface area contributed by atoms with E-state index in [0.717, 1.165) is 19.0 Å². The maximum atomic E-state index is 13.1. The first-order valence-electron chi connectivity index (χ1n) is 6.51. The quantitative estimate of drug-likeness (QED) is 0.619. The van der Waals surface area contributed by atoms with Gasteiger partial charge in [0.15, 0.2) is 0 Å². The Morgan fingerprint density at radius 3 is 2.75 bits per heavy atom. The maximum Gasteiger partial charge on any atom is 0.389 e. The van der Waals surface area contributed by atoms with Crippen LogP contribution in [0, 0.1) is 5.82 Å². The summed E-state index contributed by atoms with van der Waals surface area (Å²) in [5, 5.41) is 3.19. The molecule has 1 aliphatic rings. The second-order valence-electron chi connectivity index (χ2n) is 4.84. The Balaban J connectivity index is 1.85. The number of aromatic nitrogens is 1. The number of pyridine rings is 1. The molecule has 0 atom stereocenters. The van der Waals surface area contributed by atoms with Gasteiger partial charge in [-0.15, -0.1) is 0 Å². The fourth-order valence-electron chi connectivity index (χ4n) is 1.71. The van der Waals surface area contributed by atoms with Crippen molar-refractivity contribution in [3.8, 4) is 5.88 Å². The summed E-state index contributed by atoms with van der Waals surface area (Å²) in [5.41, 5.74) is 0.531. The van der Waals surface area contributed by atoms with E-state index in [2.05, 4.69) is 10.3 Å². The molecule has 7 heteroatoms. The molecule has 1 heterocycles. The van der Waals surface area contributed by atoms with Crippen LogP contribution in [0.5, 0.6) is 5.88 Å². The lowest BCUT2D eigenvalue weighted by molar-refractivity contribution is -0.136. The van der Waals surface area contributed by atoms with Crippen molar-refractivity contribution < 1.29 is 22.3 Å². The minimum atomic E-state index is -4.18. The zero-order chi connectivity index (χ0) is 14.6. The Hall–Kier alpha value is -1.37. The molecule has 0 unspecified atom stereocenters. The summed E-state index contributed by atoms with van der Waals surface area (Å²) < 4.78 is 54.4. The van der Waals surface area contributed by atoms with Gasteiger partial charge < -0.3 is 10.1 Å². The van der Waals surface area contributed by atoms with Crippen molar-refractivity contribution in [2.75, 3.05) is 6.61 Å². The van der Waals surface area contributed by atoms with Gasteiger partial charge in [-0.3, -0.25) is 0 Å². The van der Waals surface area contributed by atoms with Gasteiger partial charge in [-0.05, 0) is 25.3 Å². The molecule has 0 bridgehead atoms. The summed E-state index contributed by atoms with van der Waals surface area (Å²) in [6, 6.07) is 1.73. The van der Waals surface area contributed by atoms with Crippen molar-refractivity contribution in [3.05, 3.63) is 23.6 Å². The van der Waals surface area contributed by atoms with Crippen LogP contribution in [0.2, 0.25) is 0 Å². The van der Waals surface area contributed by atoms with Gasteiger partial charge in [-0.1, -0.05) is 0 Å². The average molecular weight is 292 g/mol. The molecule has 0 aromatic carbocycles. The van der Waals surface area contributed by atoms with Crippen LogP contribution in [0.3, 0.4) is 0 Å². The molecular weight excluding hydrogens is 276 g/mol. The Morgan fingerprint density at radius 2 is 2.10 bits per heavy atom.